The third-order valence-corrected chi connectivity index (χ3v) is 4.05. The number of rotatable bonds is 5. The van der Waals surface area contributed by atoms with E-state index >= 15 is 0 Å². The molecule has 0 heterocycles. The number of amides is 2. The third-order valence-electron chi connectivity index (χ3n) is 3.25. The van der Waals surface area contributed by atoms with Gasteiger partial charge < -0.3 is 10.2 Å². The topological polar surface area (TPSA) is 49.4 Å². The number of anilines is 1. The van der Waals surface area contributed by atoms with Crippen molar-refractivity contribution in [1.29, 1.82) is 0 Å². The molecule has 0 saturated carbocycles. The van der Waals surface area contributed by atoms with Crippen molar-refractivity contribution in [3.05, 3.63) is 63.1 Å². The molecule has 0 aromatic heterocycles. The van der Waals surface area contributed by atoms with Crippen LogP contribution in [-0.4, -0.2) is 23.3 Å². The highest BCUT2D eigenvalue weighted by Gasteiger charge is 2.16. The Bertz CT molecular complexity index is 745. The van der Waals surface area contributed by atoms with Crippen LogP contribution in [0.3, 0.4) is 0 Å². The lowest BCUT2D eigenvalue weighted by atomic mass is 10.2. The molecule has 1 N–H and O–H groups in total. The number of carbonyl (C=O) groups excluding carboxylic acids is 2. The normalized spacial score (nSPS) is 10.3. The average Bonchev–Trinajstić information content (AvgIpc) is 2.47. The SMILES string of the molecule is CC(=O)N(CC(=O)Nc1cc(Cl)cc(Cl)c1)Cc1ccccc1Cl. The molecule has 2 aromatic carbocycles. The standard InChI is InChI=1S/C17H15Cl3N2O2/c1-11(23)22(9-12-4-2-3-5-16(12)20)10-17(24)21-15-7-13(18)6-14(19)8-15/h2-8H,9-10H2,1H3,(H,21,24). The maximum atomic E-state index is 12.2. The smallest absolute Gasteiger partial charge is 0.244 e. The van der Waals surface area contributed by atoms with Crippen LogP contribution in [0.25, 0.3) is 0 Å². The van der Waals surface area contributed by atoms with E-state index in [-0.39, 0.29) is 24.9 Å². The van der Waals surface area contributed by atoms with Gasteiger partial charge in [0.25, 0.3) is 0 Å². The van der Waals surface area contributed by atoms with Crippen LogP contribution >= 0.6 is 34.8 Å². The fourth-order valence-electron chi connectivity index (χ4n) is 2.11. The zero-order chi connectivity index (χ0) is 17.7. The number of hydrogen-bond acceptors (Lipinski definition) is 2. The Morgan fingerprint density at radius 2 is 1.67 bits per heavy atom. The number of hydrogen-bond donors (Lipinski definition) is 1. The van der Waals surface area contributed by atoms with E-state index in [1.165, 1.54) is 11.8 Å². The highest BCUT2D eigenvalue weighted by molar-refractivity contribution is 6.35. The molecule has 2 amide bonds. The van der Waals surface area contributed by atoms with Gasteiger partial charge in [0.2, 0.25) is 11.8 Å². The van der Waals surface area contributed by atoms with E-state index < -0.39 is 0 Å². The molecule has 0 bridgehead atoms. The van der Waals surface area contributed by atoms with Gasteiger partial charge in [-0.2, -0.15) is 0 Å². The summed E-state index contributed by atoms with van der Waals surface area (Å²) < 4.78 is 0. The molecule has 0 aliphatic rings. The van der Waals surface area contributed by atoms with Crippen LogP contribution in [0.1, 0.15) is 12.5 Å². The molecule has 0 fully saturated rings. The van der Waals surface area contributed by atoms with E-state index in [0.29, 0.717) is 20.8 Å². The van der Waals surface area contributed by atoms with Crippen LogP contribution in [-0.2, 0) is 16.1 Å². The summed E-state index contributed by atoms with van der Waals surface area (Å²) >= 11 is 17.9. The van der Waals surface area contributed by atoms with Crippen LogP contribution in [0, 0.1) is 0 Å². The molecule has 0 aliphatic heterocycles. The second-order valence-electron chi connectivity index (χ2n) is 5.17. The van der Waals surface area contributed by atoms with E-state index in [1.54, 1.807) is 30.3 Å². The first-order chi connectivity index (χ1) is 11.3. The van der Waals surface area contributed by atoms with Crippen molar-refractivity contribution in [2.75, 3.05) is 11.9 Å². The number of nitrogens with one attached hydrogen (secondary N) is 1. The maximum Gasteiger partial charge on any atom is 0.244 e. The van der Waals surface area contributed by atoms with Crippen molar-refractivity contribution in [3.63, 3.8) is 0 Å². The first-order valence-corrected chi connectivity index (χ1v) is 8.23. The largest absolute Gasteiger partial charge is 0.329 e. The molecule has 0 radical (unpaired) electrons. The van der Waals surface area contributed by atoms with Gasteiger partial charge in [0.15, 0.2) is 0 Å². The Morgan fingerprint density at radius 1 is 1.04 bits per heavy atom. The molecular formula is C17H15Cl3N2O2. The van der Waals surface area contributed by atoms with Crippen molar-refractivity contribution >= 4 is 52.3 Å². The highest BCUT2D eigenvalue weighted by atomic mass is 35.5. The lowest BCUT2D eigenvalue weighted by molar-refractivity contribution is -0.133. The Morgan fingerprint density at radius 3 is 2.25 bits per heavy atom. The minimum atomic E-state index is -0.351. The molecular weight excluding hydrogens is 371 g/mol. The summed E-state index contributed by atoms with van der Waals surface area (Å²) in [6.45, 7) is 1.55. The summed E-state index contributed by atoms with van der Waals surface area (Å²) in [6, 6.07) is 11.9. The Kier molecular flexibility index (Phi) is 6.49. The van der Waals surface area contributed by atoms with Crippen LogP contribution < -0.4 is 5.32 Å². The summed E-state index contributed by atoms with van der Waals surface area (Å²) in [6.07, 6.45) is 0. The van der Waals surface area contributed by atoms with Crippen molar-refractivity contribution in [3.8, 4) is 0 Å². The summed E-state index contributed by atoms with van der Waals surface area (Å²) in [4.78, 5) is 25.4. The zero-order valence-electron chi connectivity index (χ0n) is 12.9. The number of benzene rings is 2. The lowest BCUT2D eigenvalue weighted by Gasteiger charge is -2.21. The van der Waals surface area contributed by atoms with Crippen molar-refractivity contribution in [2.45, 2.75) is 13.5 Å². The molecule has 2 aromatic rings. The fourth-order valence-corrected chi connectivity index (χ4v) is 2.83. The first kappa shape index (κ1) is 18.6. The molecule has 0 unspecified atom stereocenters. The quantitative estimate of drug-likeness (QED) is 0.815. The average molecular weight is 386 g/mol. The van der Waals surface area contributed by atoms with Gasteiger partial charge in [0.05, 0.1) is 0 Å². The van der Waals surface area contributed by atoms with Crippen LogP contribution in [0.5, 0.6) is 0 Å². The van der Waals surface area contributed by atoms with E-state index in [4.69, 9.17) is 34.8 Å². The maximum absolute atomic E-state index is 12.2. The van der Waals surface area contributed by atoms with E-state index in [2.05, 4.69) is 5.32 Å². The third kappa shape index (κ3) is 5.41. The first-order valence-electron chi connectivity index (χ1n) is 7.10. The summed E-state index contributed by atoms with van der Waals surface area (Å²) in [5.41, 5.74) is 1.24. The predicted octanol–water partition coefficient (Wildman–Crippen LogP) is 4.63. The zero-order valence-corrected chi connectivity index (χ0v) is 15.1. The van der Waals surface area contributed by atoms with Gasteiger partial charge in [-0.15, -0.1) is 0 Å². The van der Waals surface area contributed by atoms with Gasteiger partial charge in [0, 0.05) is 34.2 Å². The number of nitrogens with zero attached hydrogens (tertiary/aromatic N) is 1. The monoisotopic (exact) mass is 384 g/mol. The summed E-state index contributed by atoms with van der Waals surface area (Å²) in [7, 11) is 0. The van der Waals surface area contributed by atoms with E-state index in [9.17, 15) is 9.59 Å². The second-order valence-corrected chi connectivity index (χ2v) is 6.45. The highest BCUT2D eigenvalue weighted by Crippen LogP contribution is 2.22. The predicted molar refractivity (Wildman–Crippen MR) is 97.6 cm³/mol. The molecule has 0 saturated heterocycles. The fraction of sp³-hybridized carbons (Fsp3) is 0.176. The number of halogens is 3. The Balaban J connectivity index is 2.06. The summed E-state index contributed by atoms with van der Waals surface area (Å²) in [5.74, 6) is -0.579. The van der Waals surface area contributed by atoms with Crippen LogP contribution in [0.15, 0.2) is 42.5 Å². The van der Waals surface area contributed by atoms with Gasteiger partial charge in [0.1, 0.15) is 6.54 Å². The molecule has 126 valence electrons. The summed E-state index contributed by atoms with van der Waals surface area (Å²) in [5, 5.41) is 4.05. The molecule has 4 nitrogen and oxygen atoms in total. The Labute approximate surface area is 155 Å². The van der Waals surface area contributed by atoms with Gasteiger partial charge in [-0.05, 0) is 29.8 Å². The van der Waals surface area contributed by atoms with Crippen LogP contribution in [0.4, 0.5) is 5.69 Å². The molecule has 7 heteroatoms. The van der Waals surface area contributed by atoms with Crippen molar-refractivity contribution in [1.82, 2.24) is 4.90 Å². The molecule has 24 heavy (non-hydrogen) atoms. The van der Waals surface area contributed by atoms with Gasteiger partial charge in [-0.25, -0.2) is 0 Å². The van der Waals surface area contributed by atoms with Crippen LogP contribution in [0.2, 0.25) is 15.1 Å². The Hall–Kier alpha value is -1.75. The molecule has 0 aliphatic carbocycles. The van der Waals surface area contributed by atoms with E-state index in [1.807, 2.05) is 12.1 Å². The minimum Gasteiger partial charge on any atom is -0.329 e. The lowest BCUT2D eigenvalue weighted by Crippen LogP contribution is -2.36. The van der Waals surface area contributed by atoms with Gasteiger partial charge >= 0.3 is 0 Å². The molecule has 2 rings (SSSR count). The second kappa shape index (κ2) is 8.38. The number of carbonyl (C=O) groups is 2. The van der Waals surface area contributed by atoms with E-state index in [0.717, 1.165) is 5.56 Å². The molecule has 0 atom stereocenters. The van der Waals surface area contributed by atoms with Crippen molar-refractivity contribution in [2.24, 2.45) is 0 Å². The molecule has 0 spiro atoms. The van der Waals surface area contributed by atoms with Gasteiger partial charge in [-0.1, -0.05) is 53.0 Å². The van der Waals surface area contributed by atoms with Gasteiger partial charge in [-0.3, -0.25) is 9.59 Å². The minimum absolute atomic E-state index is 0.106. The van der Waals surface area contributed by atoms with Crippen molar-refractivity contribution < 1.29 is 9.59 Å².